The van der Waals surface area contributed by atoms with Crippen molar-refractivity contribution < 1.29 is 14.4 Å². The summed E-state index contributed by atoms with van der Waals surface area (Å²) in [5, 5.41) is 8.83. The molecule has 122 valence electrons. The minimum Gasteiger partial charge on any atom is -0.295 e. The molecular weight excluding hydrogens is 316 g/mol. The van der Waals surface area contributed by atoms with E-state index in [0.29, 0.717) is 22.3 Å². The number of nitriles is 1. The third kappa shape index (κ3) is 3.10. The van der Waals surface area contributed by atoms with E-state index in [1.807, 2.05) is 6.07 Å². The van der Waals surface area contributed by atoms with Crippen LogP contribution >= 0.6 is 0 Å². The molecule has 0 spiro atoms. The molecule has 0 bridgehead atoms. The average molecular weight is 330 g/mol. The number of fused-ring (bicyclic) bond motifs is 1. The topological polar surface area (TPSA) is 78.2 Å². The Balaban J connectivity index is 1.89. The number of carbonyl (C=O) groups is 3. The van der Waals surface area contributed by atoms with Crippen LogP contribution in [-0.2, 0) is 4.79 Å². The van der Waals surface area contributed by atoms with Gasteiger partial charge in [0.1, 0.15) is 0 Å². The van der Waals surface area contributed by atoms with Gasteiger partial charge in [-0.15, -0.1) is 0 Å². The molecule has 5 heteroatoms. The third-order valence-corrected chi connectivity index (χ3v) is 4.04. The number of amides is 2. The maximum absolute atomic E-state index is 12.4. The summed E-state index contributed by atoms with van der Waals surface area (Å²) in [5.74, 6) is -1.01. The monoisotopic (exact) mass is 330 g/mol. The molecule has 1 heterocycles. The van der Waals surface area contributed by atoms with E-state index >= 15 is 0 Å². The van der Waals surface area contributed by atoms with E-state index in [1.54, 1.807) is 54.6 Å². The van der Waals surface area contributed by atoms with Gasteiger partial charge >= 0.3 is 0 Å². The van der Waals surface area contributed by atoms with Crippen molar-refractivity contribution in [3.05, 3.63) is 76.4 Å². The lowest BCUT2D eigenvalue weighted by molar-refractivity contribution is -0.113. The van der Waals surface area contributed by atoms with Crippen molar-refractivity contribution in [3.63, 3.8) is 0 Å². The first-order chi connectivity index (χ1) is 12.0. The predicted molar refractivity (Wildman–Crippen MR) is 91.6 cm³/mol. The first-order valence-electron chi connectivity index (χ1n) is 7.68. The lowest BCUT2D eigenvalue weighted by Crippen LogP contribution is -2.32. The molecule has 0 atom stereocenters. The molecule has 0 saturated carbocycles. The van der Waals surface area contributed by atoms with Gasteiger partial charge in [-0.1, -0.05) is 24.3 Å². The van der Waals surface area contributed by atoms with E-state index in [1.165, 1.54) is 6.92 Å². The summed E-state index contributed by atoms with van der Waals surface area (Å²) >= 11 is 0. The van der Waals surface area contributed by atoms with Crippen molar-refractivity contribution in [2.75, 3.05) is 6.54 Å². The highest BCUT2D eigenvalue weighted by atomic mass is 16.2. The smallest absolute Gasteiger partial charge is 0.261 e. The summed E-state index contributed by atoms with van der Waals surface area (Å²) in [7, 11) is 0. The van der Waals surface area contributed by atoms with E-state index in [0.717, 1.165) is 10.5 Å². The molecule has 1 aliphatic heterocycles. The largest absolute Gasteiger partial charge is 0.295 e. The first kappa shape index (κ1) is 16.3. The van der Waals surface area contributed by atoms with Gasteiger partial charge in [0.2, 0.25) is 0 Å². The van der Waals surface area contributed by atoms with E-state index in [2.05, 4.69) is 0 Å². The van der Waals surface area contributed by atoms with Crippen LogP contribution in [0.25, 0.3) is 6.08 Å². The maximum Gasteiger partial charge on any atom is 0.261 e. The third-order valence-electron chi connectivity index (χ3n) is 4.04. The molecule has 2 aromatic rings. The molecule has 3 rings (SSSR count). The molecule has 5 nitrogen and oxygen atoms in total. The predicted octanol–water partition coefficient (Wildman–Crippen LogP) is 2.83. The normalized spacial score (nSPS) is 13.6. The number of hydrogen-bond donors (Lipinski definition) is 0. The quantitative estimate of drug-likeness (QED) is 0.638. The van der Waals surface area contributed by atoms with Crippen LogP contribution in [0, 0.1) is 11.3 Å². The number of Topliss-reactive ketones (excluding diaryl/α,β-unsaturated/α-hetero) is 1. The molecule has 0 saturated heterocycles. The molecule has 25 heavy (non-hydrogen) atoms. The van der Waals surface area contributed by atoms with Gasteiger partial charge in [0.25, 0.3) is 11.8 Å². The summed E-state index contributed by atoms with van der Waals surface area (Å²) in [6.07, 6.45) is 1.63. The van der Waals surface area contributed by atoms with Gasteiger partial charge < -0.3 is 0 Å². The van der Waals surface area contributed by atoms with Gasteiger partial charge in [0.15, 0.2) is 5.78 Å². The van der Waals surface area contributed by atoms with Crippen LogP contribution in [0.4, 0.5) is 0 Å². The zero-order chi connectivity index (χ0) is 18.0. The Morgan fingerprint density at radius 1 is 1.04 bits per heavy atom. The van der Waals surface area contributed by atoms with Crippen LogP contribution in [0.3, 0.4) is 0 Å². The van der Waals surface area contributed by atoms with E-state index < -0.39 is 11.8 Å². The minimum absolute atomic E-state index is 0.0817. The van der Waals surface area contributed by atoms with Crippen molar-refractivity contribution in [1.82, 2.24) is 4.90 Å². The van der Waals surface area contributed by atoms with Gasteiger partial charge in [-0.2, -0.15) is 5.26 Å². The highest BCUT2D eigenvalue weighted by Gasteiger charge is 2.35. The van der Waals surface area contributed by atoms with E-state index in [9.17, 15) is 14.4 Å². The van der Waals surface area contributed by atoms with E-state index in [-0.39, 0.29) is 12.3 Å². The summed E-state index contributed by atoms with van der Waals surface area (Å²) in [5.41, 5.74) is 2.30. The van der Waals surface area contributed by atoms with Gasteiger partial charge in [-0.3, -0.25) is 19.3 Å². The Kier molecular flexibility index (Phi) is 4.27. The molecule has 0 aromatic heterocycles. The minimum atomic E-state index is -0.396. The Morgan fingerprint density at radius 3 is 2.08 bits per heavy atom. The van der Waals surface area contributed by atoms with Crippen LogP contribution in [0.5, 0.6) is 0 Å². The van der Waals surface area contributed by atoms with Crippen LogP contribution in [0.15, 0.2) is 54.1 Å². The summed E-state index contributed by atoms with van der Waals surface area (Å²) in [4.78, 5) is 37.9. The van der Waals surface area contributed by atoms with Gasteiger partial charge in [-0.25, -0.2) is 0 Å². The second kappa shape index (κ2) is 6.54. The molecule has 0 N–H and O–H groups in total. The van der Waals surface area contributed by atoms with Crippen LogP contribution in [0.1, 0.15) is 38.8 Å². The number of rotatable bonds is 4. The van der Waals surface area contributed by atoms with Gasteiger partial charge in [0, 0.05) is 5.57 Å². The summed E-state index contributed by atoms with van der Waals surface area (Å²) < 4.78 is 0. The van der Waals surface area contributed by atoms with Crippen molar-refractivity contribution in [2.24, 2.45) is 0 Å². The van der Waals surface area contributed by atoms with Crippen LogP contribution in [0.2, 0.25) is 0 Å². The number of ketones is 1. The fraction of sp³-hybridized carbons (Fsp3) is 0.100. The standard InChI is InChI=1S/C20H14N2O3/c1-13(23)16(10-14-6-8-15(11-21)9-7-14)12-22-19(24)17-4-2-3-5-18(17)20(22)25/h2-10H,12H2,1H3/b16-10+. The fourth-order valence-electron chi connectivity index (χ4n) is 2.67. The fourth-order valence-corrected chi connectivity index (χ4v) is 2.67. The zero-order valence-corrected chi connectivity index (χ0v) is 13.5. The Morgan fingerprint density at radius 2 is 1.60 bits per heavy atom. The molecule has 0 aliphatic carbocycles. The van der Waals surface area contributed by atoms with Crippen LogP contribution < -0.4 is 0 Å². The Hall–Kier alpha value is -3.52. The molecule has 0 unspecified atom stereocenters. The number of benzene rings is 2. The summed E-state index contributed by atoms with van der Waals surface area (Å²) in [6.45, 7) is 1.31. The number of carbonyl (C=O) groups excluding carboxylic acids is 3. The van der Waals surface area contributed by atoms with Crippen molar-refractivity contribution in [3.8, 4) is 6.07 Å². The maximum atomic E-state index is 12.4. The van der Waals surface area contributed by atoms with Crippen molar-refractivity contribution in [2.45, 2.75) is 6.92 Å². The number of nitrogens with zero attached hydrogens (tertiary/aromatic N) is 2. The average Bonchev–Trinajstić information content (AvgIpc) is 2.87. The molecule has 2 amide bonds. The van der Waals surface area contributed by atoms with Crippen molar-refractivity contribution >= 4 is 23.7 Å². The van der Waals surface area contributed by atoms with Gasteiger partial charge in [-0.05, 0) is 42.8 Å². The zero-order valence-electron chi connectivity index (χ0n) is 13.5. The Bertz CT molecular complexity index is 915. The lowest BCUT2D eigenvalue weighted by Gasteiger charge is -2.15. The second-order valence-corrected chi connectivity index (χ2v) is 5.70. The Labute approximate surface area is 144 Å². The highest BCUT2D eigenvalue weighted by molar-refractivity contribution is 6.22. The molecule has 0 fully saturated rings. The molecule has 1 aliphatic rings. The highest BCUT2D eigenvalue weighted by Crippen LogP contribution is 2.24. The van der Waals surface area contributed by atoms with Crippen molar-refractivity contribution in [1.29, 1.82) is 5.26 Å². The second-order valence-electron chi connectivity index (χ2n) is 5.70. The number of imide groups is 1. The van der Waals surface area contributed by atoms with Crippen LogP contribution in [-0.4, -0.2) is 29.0 Å². The summed E-state index contributed by atoms with van der Waals surface area (Å²) in [6, 6.07) is 15.3. The van der Waals surface area contributed by atoms with E-state index in [4.69, 9.17) is 5.26 Å². The number of hydrogen-bond acceptors (Lipinski definition) is 4. The lowest BCUT2D eigenvalue weighted by atomic mass is 10.1. The SMILES string of the molecule is CC(=O)/C(=C/c1ccc(C#N)cc1)CN1C(=O)c2ccccc2C1=O. The van der Waals surface area contributed by atoms with Gasteiger partial charge in [0.05, 0.1) is 29.3 Å². The molecule has 0 radical (unpaired) electrons. The molecular formula is C20H14N2O3. The first-order valence-corrected chi connectivity index (χ1v) is 7.68. The molecule has 2 aromatic carbocycles.